The van der Waals surface area contributed by atoms with Crippen LogP contribution in [0.15, 0.2) is 24.3 Å². The van der Waals surface area contributed by atoms with Gasteiger partial charge < -0.3 is 14.8 Å². The number of rotatable bonds is 6. The normalized spacial score (nSPS) is 22.9. The van der Waals surface area contributed by atoms with E-state index in [2.05, 4.69) is 24.4 Å². The first-order valence-electron chi connectivity index (χ1n) is 6.26. The molecule has 1 aromatic carbocycles. The molecule has 1 saturated carbocycles. The molecule has 0 radical (unpaired) electrons. The fraction of sp³-hybridized carbons (Fsp3) is 0.571. The van der Waals surface area contributed by atoms with Crippen molar-refractivity contribution < 1.29 is 9.47 Å². The Kier molecular flexibility index (Phi) is 4.26. The van der Waals surface area contributed by atoms with E-state index in [0.29, 0.717) is 19.3 Å². The zero-order chi connectivity index (χ0) is 12.1. The van der Waals surface area contributed by atoms with E-state index in [1.165, 1.54) is 12.8 Å². The molecule has 3 nitrogen and oxygen atoms in total. The minimum Gasteiger partial charge on any atom is -0.491 e. The summed E-state index contributed by atoms with van der Waals surface area (Å²) in [6.07, 6.45) is 2.55. The molecule has 0 saturated heterocycles. The van der Waals surface area contributed by atoms with E-state index < -0.39 is 0 Å². The maximum Gasteiger partial charge on any atom is 0.121 e. The lowest BCUT2D eigenvalue weighted by atomic mass is 9.82. The predicted molar refractivity (Wildman–Crippen MR) is 69.6 cm³/mol. The summed E-state index contributed by atoms with van der Waals surface area (Å²) in [6.45, 7) is 3.51. The van der Waals surface area contributed by atoms with E-state index in [-0.39, 0.29) is 0 Å². The molecular formula is C14H21NO2. The zero-order valence-electron chi connectivity index (χ0n) is 10.6. The maximum atomic E-state index is 5.58. The summed E-state index contributed by atoms with van der Waals surface area (Å²) < 4.78 is 10.5. The topological polar surface area (TPSA) is 30.5 Å². The molecule has 0 unspecified atom stereocenters. The van der Waals surface area contributed by atoms with E-state index in [4.69, 9.17) is 9.47 Å². The third-order valence-electron chi connectivity index (χ3n) is 3.13. The molecule has 0 bridgehead atoms. The summed E-state index contributed by atoms with van der Waals surface area (Å²) in [5.74, 6) is 1.77. The third kappa shape index (κ3) is 3.63. The van der Waals surface area contributed by atoms with Gasteiger partial charge in [-0.1, -0.05) is 13.0 Å². The highest BCUT2D eigenvalue weighted by Crippen LogP contribution is 2.30. The average molecular weight is 235 g/mol. The van der Waals surface area contributed by atoms with Crippen molar-refractivity contribution in [1.82, 2.24) is 0 Å². The summed E-state index contributed by atoms with van der Waals surface area (Å²) >= 11 is 0. The van der Waals surface area contributed by atoms with Crippen LogP contribution in [0.3, 0.4) is 0 Å². The Morgan fingerprint density at radius 1 is 1.29 bits per heavy atom. The van der Waals surface area contributed by atoms with Gasteiger partial charge in [0.05, 0.1) is 6.61 Å². The molecule has 0 amide bonds. The lowest BCUT2D eigenvalue weighted by molar-refractivity contribution is 0.146. The van der Waals surface area contributed by atoms with Crippen LogP contribution < -0.4 is 10.1 Å². The van der Waals surface area contributed by atoms with Crippen LogP contribution in [0.1, 0.15) is 19.8 Å². The number of hydrogen-bond donors (Lipinski definition) is 1. The van der Waals surface area contributed by atoms with Gasteiger partial charge >= 0.3 is 0 Å². The van der Waals surface area contributed by atoms with Crippen molar-refractivity contribution in [3.8, 4) is 5.75 Å². The number of methoxy groups -OCH3 is 1. The van der Waals surface area contributed by atoms with Crippen molar-refractivity contribution in [3.05, 3.63) is 24.3 Å². The van der Waals surface area contributed by atoms with Gasteiger partial charge in [-0.25, -0.2) is 0 Å². The highest BCUT2D eigenvalue weighted by molar-refractivity contribution is 5.49. The van der Waals surface area contributed by atoms with Gasteiger partial charge in [0.25, 0.3) is 0 Å². The molecule has 1 aromatic rings. The Morgan fingerprint density at radius 3 is 2.82 bits per heavy atom. The van der Waals surface area contributed by atoms with Gasteiger partial charge in [0.2, 0.25) is 0 Å². The molecule has 0 atom stereocenters. The largest absolute Gasteiger partial charge is 0.491 e. The highest BCUT2D eigenvalue weighted by atomic mass is 16.5. The minimum absolute atomic E-state index is 0.598. The first-order chi connectivity index (χ1) is 8.28. The van der Waals surface area contributed by atoms with E-state index >= 15 is 0 Å². The Hall–Kier alpha value is -1.22. The zero-order valence-corrected chi connectivity index (χ0v) is 10.6. The van der Waals surface area contributed by atoms with E-state index in [1.807, 2.05) is 12.1 Å². The predicted octanol–water partition coefficient (Wildman–Crippen LogP) is 2.92. The summed E-state index contributed by atoms with van der Waals surface area (Å²) in [5.41, 5.74) is 1.15. The molecular weight excluding hydrogens is 214 g/mol. The number of ether oxygens (including phenoxy) is 2. The first-order valence-corrected chi connectivity index (χ1v) is 6.26. The smallest absolute Gasteiger partial charge is 0.121 e. The Morgan fingerprint density at radius 2 is 2.12 bits per heavy atom. The molecule has 17 heavy (non-hydrogen) atoms. The standard InChI is InChI=1S/C14H21NO2/c1-11-8-13(9-11)15-12-4-3-5-14(10-12)17-7-6-16-2/h3-5,10-11,13,15H,6-9H2,1-2H3. The van der Waals surface area contributed by atoms with Gasteiger partial charge in [-0.15, -0.1) is 0 Å². The number of nitrogens with one attached hydrogen (secondary N) is 1. The lowest BCUT2D eigenvalue weighted by Gasteiger charge is -2.34. The second kappa shape index (κ2) is 5.92. The van der Waals surface area contributed by atoms with Gasteiger partial charge in [-0.2, -0.15) is 0 Å². The van der Waals surface area contributed by atoms with Gasteiger partial charge in [0.1, 0.15) is 12.4 Å². The van der Waals surface area contributed by atoms with Crippen molar-refractivity contribution in [2.75, 3.05) is 25.6 Å². The molecule has 1 aliphatic carbocycles. The van der Waals surface area contributed by atoms with E-state index in [1.54, 1.807) is 7.11 Å². The quantitative estimate of drug-likeness (QED) is 0.769. The van der Waals surface area contributed by atoms with Crippen molar-refractivity contribution in [3.63, 3.8) is 0 Å². The molecule has 0 heterocycles. The van der Waals surface area contributed by atoms with Crippen molar-refractivity contribution in [2.24, 2.45) is 5.92 Å². The number of anilines is 1. The van der Waals surface area contributed by atoms with Crippen molar-refractivity contribution >= 4 is 5.69 Å². The van der Waals surface area contributed by atoms with Crippen LogP contribution in [0.4, 0.5) is 5.69 Å². The molecule has 0 aromatic heterocycles. The fourth-order valence-electron chi connectivity index (χ4n) is 2.17. The molecule has 0 spiro atoms. The molecule has 1 aliphatic rings. The molecule has 1 fully saturated rings. The number of hydrogen-bond acceptors (Lipinski definition) is 3. The van der Waals surface area contributed by atoms with Crippen molar-refractivity contribution in [1.29, 1.82) is 0 Å². The van der Waals surface area contributed by atoms with Crippen LogP contribution in [0.5, 0.6) is 5.75 Å². The Bertz CT molecular complexity index is 348. The van der Waals surface area contributed by atoms with Gasteiger partial charge in [0.15, 0.2) is 0 Å². The SMILES string of the molecule is COCCOc1cccc(NC2CC(C)C2)c1. The monoisotopic (exact) mass is 235 g/mol. The summed E-state index contributed by atoms with van der Waals surface area (Å²) in [4.78, 5) is 0. The molecule has 94 valence electrons. The third-order valence-corrected chi connectivity index (χ3v) is 3.13. The number of benzene rings is 1. The van der Waals surface area contributed by atoms with Crippen LogP contribution in [-0.2, 0) is 4.74 Å². The van der Waals surface area contributed by atoms with Crippen LogP contribution in [-0.4, -0.2) is 26.4 Å². The molecule has 2 rings (SSSR count). The Balaban J connectivity index is 1.83. The highest BCUT2D eigenvalue weighted by Gasteiger charge is 2.24. The van der Waals surface area contributed by atoms with Crippen LogP contribution in [0, 0.1) is 5.92 Å². The lowest BCUT2D eigenvalue weighted by Crippen LogP contribution is -2.33. The van der Waals surface area contributed by atoms with Crippen molar-refractivity contribution in [2.45, 2.75) is 25.8 Å². The van der Waals surface area contributed by atoms with Gasteiger partial charge in [0, 0.05) is 24.9 Å². The summed E-state index contributed by atoms with van der Waals surface area (Å²) in [7, 11) is 1.68. The second-order valence-corrected chi connectivity index (χ2v) is 4.79. The first kappa shape index (κ1) is 12.2. The van der Waals surface area contributed by atoms with Crippen LogP contribution >= 0.6 is 0 Å². The Labute approximate surface area is 103 Å². The van der Waals surface area contributed by atoms with Crippen LogP contribution in [0.2, 0.25) is 0 Å². The summed E-state index contributed by atoms with van der Waals surface area (Å²) in [6, 6.07) is 8.78. The summed E-state index contributed by atoms with van der Waals surface area (Å²) in [5, 5.41) is 3.53. The maximum absolute atomic E-state index is 5.58. The van der Waals surface area contributed by atoms with E-state index in [9.17, 15) is 0 Å². The van der Waals surface area contributed by atoms with Gasteiger partial charge in [-0.05, 0) is 30.9 Å². The average Bonchev–Trinajstić information content (AvgIpc) is 2.28. The van der Waals surface area contributed by atoms with E-state index in [0.717, 1.165) is 17.4 Å². The molecule has 3 heteroatoms. The minimum atomic E-state index is 0.598. The molecule has 1 N–H and O–H groups in total. The molecule has 0 aliphatic heterocycles. The second-order valence-electron chi connectivity index (χ2n) is 4.79. The fourth-order valence-corrected chi connectivity index (χ4v) is 2.17. The van der Waals surface area contributed by atoms with Gasteiger partial charge in [-0.3, -0.25) is 0 Å². The van der Waals surface area contributed by atoms with Crippen LogP contribution in [0.25, 0.3) is 0 Å².